The van der Waals surface area contributed by atoms with Gasteiger partial charge < -0.3 is 5.32 Å². The summed E-state index contributed by atoms with van der Waals surface area (Å²) in [5, 5.41) is 11.3. The number of nitrogens with zero attached hydrogens (tertiary/aromatic N) is 1. The molecule has 3 nitrogen and oxygen atoms in total. The first-order valence-electron chi connectivity index (χ1n) is 6.72. The van der Waals surface area contributed by atoms with Crippen LogP contribution < -0.4 is 5.32 Å². The van der Waals surface area contributed by atoms with Gasteiger partial charge in [0.15, 0.2) is 0 Å². The first-order valence-corrected chi connectivity index (χ1v) is 6.72. The fraction of sp³-hybridized carbons (Fsp3) is 0.500. The van der Waals surface area contributed by atoms with E-state index in [2.05, 4.69) is 50.4 Å². The molecule has 0 saturated carbocycles. The average Bonchev–Trinajstić information content (AvgIpc) is 2.38. The number of hydrogen-bond donors (Lipinski definition) is 1. The monoisotopic (exact) mass is 258 g/mol. The molecule has 0 unspecified atom stereocenters. The molecule has 0 atom stereocenters. The highest BCUT2D eigenvalue weighted by Crippen LogP contribution is 2.23. The summed E-state index contributed by atoms with van der Waals surface area (Å²) in [6.07, 6.45) is 2.16. The van der Waals surface area contributed by atoms with Crippen LogP contribution >= 0.6 is 0 Å². The van der Waals surface area contributed by atoms with Crippen molar-refractivity contribution < 1.29 is 4.79 Å². The van der Waals surface area contributed by atoms with Crippen molar-refractivity contribution in [2.45, 2.75) is 45.4 Å². The van der Waals surface area contributed by atoms with Crippen molar-refractivity contribution in [3.05, 3.63) is 35.4 Å². The normalized spacial score (nSPS) is 10.8. The molecule has 1 aromatic rings. The van der Waals surface area contributed by atoms with E-state index < -0.39 is 0 Å². The molecule has 0 aliphatic heterocycles. The van der Waals surface area contributed by atoms with E-state index in [9.17, 15) is 4.79 Å². The van der Waals surface area contributed by atoms with Gasteiger partial charge >= 0.3 is 0 Å². The van der Waals surface area contributed by atoms with E-state index in [1.165, 1.54) is 11.1 Å². The maximum absolute atomic E-state index is 11.3. The number of hydrogen-bond acceptors (Lipinski definition) is 2. The largest absolute Gasteiger partial charge is 0.354 e. The molecule has 3 heteroatoms. The maximum Gasteiger partial charge on any atom is 0.234 e. The molecular formula is C16H22N2O. The van der Waals surface area contributed by atoms with Gasteiger partial charge in [-0.15, -0.1) is 0 Å². The van der Waals surface area contributed by atoms with Gasteiger partial charge in [-0.2, -0.15) is 5.26 Å². The molecule has 19 heavy (non-hydrogen) atoms. The summed E-state index contributed by atoms with van der Waals surface area (Å²) in [5.41, 5.74) is 2.41. The third kappa shape index (κ3) is 4.75. The van der Waals surface area contributed by atoms with Crippen LogP contribution in [0.25, 0.3) is 0 Å². The van der Waals surface area contributed by atoms with Gasteiger partial charge in [-0.3, -0.25) is 4.79 Å². The average molecular weight is 258 g/mol. The minimum Gasteiger partial charge on any atom is -0.354 e. The van der Waals surface area contributed by atoms with Gasteiger partial charge in [0, 0.05) is 12.0 Å². The van der Waals surface area contributed by atoms with Crippen molar-refractivity contribution in [3.8, 4) is 6.07 Å². The zero-order valence-corrected chi connectivity index (χ0v) is 12.0. The third-order valence-corrected chi connectivity index (χ3v) is 3.24. The summed E-state index contributed by atoms with van der Waals surface area (Å²) in [6.45, 7) is 6.90. The second-order valence-corrected chi connectivity index (χ2v) is 5.44. The number of aryl methyl sites for hydroxylation is 1. The van der Waals surface area contributed by atoms with Crippen molar-refractivity contribution in [1.29, 1.82) is 5.26 Å². The van der Waals surface area contributed by atoms with Crippen LogP contribution in [0.5, 0.6) is 0 Å². The van der Waals surface area contributed by atoms with Gasteiger partial charge in [0.2, 0.25) is 5.91 Å². The molecule has 102 valence electrons. The predicted octanol–water partition coefficient (Wildman–Crippen LogP) is 2.95. The molecular weight excluding hydrogens is 236 g/mol. The van der Waals surface area contributed by atoms with Crippen LogP contribution in [0.4, 0.5) is 0 Å². The van der Waals surface area contributed by atoms with E-state index in [1.54, 1.807) is 0 Å². The molecule has 0 radical (unpaired) electrons. The summed E-state index contributed by atoms with van der Waals surface area (Å²) in [6, 6.07) is 10.4. The van der Waals surface area contributed by atoms with Gasteiger partial charge in [0.25, 0.3) is 0 Å². The van der Waals surface area contributed by atoms with Crippen molar-refractivity contribution in [1.82, 2.24) is 5.32 Å². The van der Waals surface area contributed by atoms with Crippen LogP contribution in [0, 0.1) is 11.3 Å². The summed E-state index contributed by atoms with van der Waals surface area (Å²) in [7, 11) is 0. The SMILES string of the molecule is CCCc1ccc(C(C)(C)CNC(=O)CC#N)cc1. The van der Waals surface area contributed by atoms with Gasteiger partial charge in [0.05, 0.1) is 6.07 Å². The number of benzene rings is 1. The molecule has 0 bridgehead atoms. The van der Waals surface area contributed by atoms with Gasteiger partial charge in [0.1, 0.15) is 6.42 Å². The summed E-state index contributed by atoms with van der Waals surface area (Å²) >= 11 is 0. The lowest BCUT2D eigenvalue weighted by molar-refractivity contribution is -0.120. The summed E-state index contributed by atoms with van der Waals surface area (Å²) in [5.74, 6) is -0.210. The quantitative estimate of drug-likeness (QED) is 0.853. The first kappa shape index (κ1) is 15.2. The van der Waals surface area contributed by atoms with E-state index in [-0.39, 0.29) is 17.7 Å². The summed E-state index contributed by atoms with van der Waals surface area (Å²) in [4.78, 5) is 11.3. The standard InChI is InChI=1S/C16H22N2O/c1-4-5-13-6-8-14(9-7-13)16(2,3)12-18-15(19)10-11-17/h6-9H,4-5,10,12H2,1-3H3,(H,18,19). The van der Waals surface area contributed by atoms with E-state index in [0.29, 0.717) is 6.54 Å². The van der Waals surface area contributed by atoms with Crippen LogP contribution in [0.3, 0.4) is 0 Å². The minimum absolute atomic E-state index is 0.0779. The highest BCUT2D eigenvalue weighted by atomic mass is 16.1. The van der Waals surface area contributed by atoms with Crippen LogP contribution in [0.2, 0.25) is 0 Å². The lowest BCUT2D eigenvalue weighted by atomic mass is 9.84. The van der Waals surface area contributed by atoms with Gasteiger partial charge in [-0.25, -0.2) is 0 Å². The Hall–Kier alpha value is -1.82. The number of nitriles is 1. The van der Waals surface area contributed by atoms with Crippen molar-refractivity contribution in [2.75, 3.05) is 6.54 Å². The molecule has 0 aromatic heterocycles. The molecule has 1 aromatic carbocycles. The Labute approximate surface area is 115 Å². The Morgan fingerprint density at radius 1 is 1.32 bits per heavy atom. The Bertz CT molecular complexity index is 455. The molecule has 1 amide bonds. The minimum atomic E-state index is -0.210. The third-order valence-electron chi connectivity index (χ3n) is 3.24. The molecule has 0 spiro atoms. The molecule has 1 rings (SSSR count). The van der Waals surface area contributed by atoms with Gasteiger partial charge in [-0.1, -0.05) is 51.5 Å². The highest BCUT2D eigenvalue weighted by Gasteiger charge is 2.21. The molecule has 0 heterocycles. The lowest BCUT2D eigenvalue weighted by Gasteiger charge is -2.25. The Kier molecular flexibility index (Phi) is 5.57. The van der Waals surface area contributed by atoms with E-state index in [0.717, 1.165) is 12.8 Å². The second kappa shape index (κ2) is 6.94. The smallest absolute Gasteiger partial charge is 0.234 e. The lowest BCUT2D eigenvalue weighted by Crippen LogP contribution is -2.36. The zero-order chi connectivity index (χ0) is 14.3. The Morgan fingerprint density at radius 3 is 2.47 bits per heavy atom. The number of carbonyl (C=O) groups is 1. The molecule has 0 fully saturated rings. The van der Waals surface area contributed by atoms with Crippen molar-refractivity contribution in [2.24, 2.45) is 0 Å². The highest BCUT2D eigenvalue weighted by molar-refractivity contribution is 5.78. The fourth-order valence-electron chi connectivity index (χ4n) is 1.97. The van der Waals surface area contributed by atoms with E-state index in [4.69, 9.17) is 5.26 Å². The van der Waals surface area contributed by atoms with Crippen molar-refractivity contribution in [3.63, 3.8) is 0 Å². The number of rotatable bonds is 6. The molecule has 0 saturated heterocycles. The van der Waals surface area contributed by atoms with Gasteiger partial charge in [-0.05, 0) is 17.5 Å². The Balaban J connectivity index is 2.66. The second-order valence-electron chi connectivity index (χ2n) is 5.44. The van der Waals surface area contributed by atoms with Crippen LogP contribution in [0.1, 0.15) is 44.7 Å². The summed E-state index contributed by atoms with van der Waals surface area (Å²) < 4.78 is 0. The van der Waals surface area contributed by atoms with Crippen LogP contribution in [-0.2, 0) is 16.6 Å². The molecule has 0 aliphatic carbocycles. The predicted molar refractivity (Wildman–Crippen MR) is 76.7 cm³/mol. The van der Waals surface area contributed by atoms with E-state index in [1.807, 2.05) is 6.07 Å². The molecule has 0 aliphatic rings. The zero-order valence-electron chi connectivity index (χ0n) is 12.0. The number of nitrogens with one attached hydrogen (secondary N) is 1. The fourth-order valence-corrected chi connectivity index (χ4v) is 1.97. The van der Waals surface area contributed by atoms with E-state index >= 15 is 0 Å². The first-order chi connectivity index (χ1) is 8.99. The van der Waals surface area contributed by atoms with Crippen molar-refractivity contribution >= 4 is 5.91 Å². The van der Waals surface area contributed by atoms with Crippen LogP contribution in [0.15, 0.2) is 24.3 Å². The van der Waals surface area contributed by atoms with Crippen LogP contribution in [-0.4, -0.2) is 12.5 Å². The Morgan fingerprint density at radius 2 is 1.95 bits per heavy atom. The number of carbonyl (C=O) groups excluding carboxylic acids is 1. The maximum atomic E-state index is 11.3. The molecule has 1 N–H and O–H groups in total. The topological polar surface area (TPSA) is 52.9 Å². The number of amides is 1.